The lowest BCUT2D eigenvalue weighted by Crippen LogP contribution is -2.44. The third kappa shape index (κ3) is 4.28. The Bertz CT molecular complexity index is 472. The van der Waals surface area contributed by atoms with E-state index in [0.717, 1.165) is 5.69 Å². The number of carbonyl (C=O) groups is 1. The van der Waals surface area contributed by atoms with Crippen LogP contribution in [0, 0.1) is 0 Å². The van der Waals surface area contributed by atoms with E-state index in [1.54, 1.807) is 6.33 Å². The zero-order valence-corrected chi connectivity index (χ0v) is 13.4. The molecule has 1 N–H and O–H groups in total. The summed E-state index contributed by atoms with van der Waals surface area (Å²) in [6.07, 6.45) is 3.56. The van der Waals surface area contributed by atoms with Crippen LogP contribution >= 0.6 is 0 Å². The SMILES string of the molecule is CC(C(=O)N1CCOCC1)n1cncc1CNC(C)(C)C. The molecule has 0 bridgehead atoms. The summed E-state index contributed by atoms with van der Waals surface area (Å²) < 4.78 is 7.25. The van der Waals surface area contributed by atoms with Crippen LogP contribution in [0.4, 0.5) is 0 Å². The number of aromatic nitrogens is 2. The first-order valence-corrected chi connectivity index (χ1v) is 7.51. The van der Waals surface area contributed by atoms with Crippen LogP contribution in [0.5, 0.6) is 0 Å². The van der Waals surface area contributed by atoms with Gasteiger partial charge in [0.25, 0.3) is 0 Å². The van der Waals surface area contributed by atoms with Gasteiger partial charge in [-0.3, -0.25) is 4.79 Å². The maximum atomic E-state index is 12.6. The monoisotopic (exact) mass is 294 g/mol. The molecule has 0 spiro atoms. The van der Waals surface area contributed by atoms with Gasteiger partial charge in [0.05, 0.1) is 25.2 Å². The molecular formula is C15H26N4O2. The van der Waals surface area contributed by atoms with Crippen LogP contribution < -0.4 is 5.32 Å². The number of amides is 1. The van der Waals surface area contributed by atoms with Gasteiger partial charge in [-0.1, -0.05) is 0 Å². The van der Waals surface area contributed by atoms with Crippen molar-refractivity contribution in [2.75, 3.05) is 26.3 Å². The second kappa shape index (κ2) is 6.58. The van der Waals surface area contributed by atoms with Crippen LogP contribution in [0.15, 0.2) is 12.5 Å². The number of morpholine rings is 1. The van der Waals surface area contributed by atoms with Crippen molar-refractivity contribution in [3.8, 4) is 0 Å². The van der Waals surface area contributed by atoms with Gasteiger partial charge in [0.2, 0.25) is 5.91 Å². The zero-order chi connectivity index (χ0) is 15.5. The highest BCUT2D eigenvalue weighted by Gasteiger charge is 2.25. The minimum Gasteiger partial charge on any atom is -0.378 e. The largest absolute Gasteiger partial charge is 0.378 e. The molecule has 2 heterocycles. The summed E-state index contributed by atoms with van der Waals surface area (Å²) >= 11 is 0. The fraction of sp³-hybridized carbons (Fsp3) is 0.733. The number of nitrogens with zero attached hydrogens (tertiary/aromatic N) is 3. The Kier molecular flexibility index (Phi) is 5.00. The van der Waals surface area contributed by atoms with Crippen LogP contribution in [0.1, 0.15) is 39.4 Å². The van der Waals surface area contributed by atoms with E-state index in [2.05, 4.69) is 31.1 Å². The Hall–Kier alpha value is -1.40. The van der Waals surface area contributed by atoms with Crippen LogP contribution in [0.3, 0.4) is 0 Å². The Morgan fingerprint density at radius 2 is 2.10 bits per heavy atom. The van der Waals surface area contributed by atoms with Crippen LogP contribution in [0.25, 0.3) is 0 Å². The third-order valence-electron chi connectivity index (χ3n) is 3.64. The lowest BCUT2D eigenvalue weighted by Gasteiger charge is -2.30. The third-order valence-corrected chi connectivity index (χ3v) is 3.64. The minimum absolute atomic E-state index is 0.0343. The Morgan fingerprint density at radius 3 is 2.71 bits per heavy atom. The summed E-state index contributed by atoms with van der Waals surface area (Å²) in [6, 6.07) is -0.234. The molecule has 1 aromatic rings. The molecule has 6 nitrogen and oxygen atoms in total. The molecule has 1 fully saturated rings. The molecule has 118 valence electrons. The molecule has 1 amide bonds. The Morgan fingerprint density at radius 1 is 1.43 bits per heavy atom. The normalized spacial score (nSPS) is 17.8. The summed E-state index contributed by atoms with van der Waals surface area (Å²) in [7, 11) is 0. The number of rotatable bonds is 4. The topological polar surface area (TPSA) is 59.4 Å². The fourth-order valence-corrected chi connectivity index (χ4v) is 2.34. The smallest absolute Gasteiger partial charge is 0.245 e. The van der Waals surface area contributed by atoms with Crippen LogP contribution in [-0.2, 0) is 16.1 Å². The quantitative estimate of drug-likeness (QED) is 0.906. The molecule has 0 aromatic carbocycles. The second-order valence-corrected chi connectivity index (χ2v) is 6.51. The van der Waals surface area contributed by atoms with E-state index in [9.17, 15) is 4.79 Å². The first-order valence-electron chi connectivity index (χ1n) is 7.51. The Labute approximate surface area is 126 Å². The summed E-state index contributed by atoms with van der Waals surface area (Å²) in [5, 5.41) is 3.43. The number of nitrogens with one attached hydrogen (secondary N) is 1. The molecule has 1 unspecified atom stereocenters. The van der Waals surface area contributed by atoms with Crippen molar-refractivity contribution in [3.05, 3.63) is 18.2 Å². The number of hydrogen-bond donors (Lipinski definition) is 1. The van der Waals surface area contributed by atoms with Gasteiger partial charge >= 0.3 is 0 Å². The standard InChI is InChI=1S/C15H26N4O2/c1-12(14(20)18-5-7-21-8-6-18)19-11-16-9-13(19)10-17-15(2,3)4/h9,11-12,17H,5-8,10H2,1-4H3. The van der Waals surface area contributed by atoms with Crippen molar-refractivity contribution in [3.63, 3.8) is 0 Å². The summed E-state index contributed by atoms with van der Waals surface area (Å²) in [5.41, 5.74) is 1.06. The van der Waals surface area contributed by atoms with Gasteiger partial charge in [0.15, 0.2) is 0 Å². The maximum Gasteiger partial charge on any atom is 0.245 e. The van der Waals surface area contributed by atoms with E-state index < -0.39 is 0 Å². The fourth-order valence-electron chi connectivity index (χ4n) is 2.34. The van der Waals surface area contributed by atoms with Crippen molar-refractivity contribution in [1.82, 2.24) is 19.8 Å². The molecule has 1 aliphatic rings. The van der Waals surface area contributed by atoms with Gasteiger partial charge < -0.3 is 19.5 Å². The van der Waals surface area contributed by atoms with E-state index in [1.165, 1.54) is 0 Å². The summed E-state index contributed by atoms with van der Waals surface area (Å²) in [4.78, 5) is 18.6. The summed E-state index contributed by atoms with van der Waals surface area (Å²) in [6.45, 7) is 11.6. The highest BCUT2D eigenvalue weighted by Crippen LogP contribution is 2.15. The molecular weight excluding hydrogens is 268 g/mol. The lowest BCUT2D eigenvalue weighted by atomic mass is 10.1. The number of hydrogen-bond acceptors (Lipinski definition) is 4. The average molecular weight is 294 g/mol. The van der Waals surface area contributed by atoms with Crippen LogP contribution in [0.2, 0.25) is 0 Å². The van der Waals surface area contributed by atoms with Gasteiger partial charge in [-0.2, -0.15) is 0 Å². The van der Waals surface area contributed by atoms with E-state index in [4.69, 9.17) is 4.74 Å². The van der Waals surface area contributed by atoms with Gasteiger partial charge in [0.1, 0.15) is 6.04 Å². The number of carbonyl (C=O) groups excluding carboxylic acids is 1. The van der Waals surface area contributed by atoms with E-state index in [0.29, 0.717) is 32.8 Å². The van der Waals surface area contributed by atoms with E-state index in [1.807, 2.05) is 22.6 Å². The van der Waals surface area contributed by atoms with E-state index >= 15 is 0 Å². The Balaban J connectivity index is 2.03. The van der Waals surface area contributed by atoms with Gasteiger partial charge in [-0.15, -0.1) is 0 Å². The number of imidazole rings is 1. The summed E-state index contributed by atoms with van der Waals surface area (Å²) in [5.74, 6) is 0.133. The molecule has 0 aliphatic carbocycles. The van der Waals surface area contributed by atoms with Crippen molar-refractivity contribution in [1.29, 1.82) is 0 Å². The molecule has 1 aliphatic heterocycles. The van der Waals surface area contributed by atoms with Gasteiger partial charge in [-0.05, 0) is 27.7 Å². The first-order chi connectivity index (χ1) is 9.88. The maximum absolute atomic E-state index is 12.6. The van der Waals surface area contributed by atoms with Crippen molar-refractivity contribution in [2.24, 2.45) is 0 Å². The van der Waals surface area contributed by atoms with Gasteiger partial charge in [0, 0.05) is 31.4 Å². The molecule has 0 saturated carbocycles. The second-order valence-electron chi connectivity index (χ2n) is 6.51. The predicted molar refractivity (Wildman–Crippen MR) is 80.9 cm³/mol. The average Bonchev–Trinajstić information content (AvgIpc) is 2.92. The molecule has 6 heteroatoms. The number of ether oxygens (including phenoxy) is 1. The van der Waals surface area contributed by atoms with Crippen molar-refractivity contribution < 1.29 is 9.53 Å². The van der Waals surface area contributed by atoms with Crippen LogP contribution in [-0.4, -0.2) is 52.2 Å². The molecule has 1 aromatic heterocycles. The molecule has 0 radical (unpaired) electrons. The molecule has 21 heavy (non-hydrogen) atoms. The highest BCUT2D eigenvalue weighted by atomic mass is 16.5. The molecule has 2 rings (SSSR count). The predicted octanol–water partition coefficient (Wildman–Crippen LogP) is 1.19. The molecule has 1 saturated heterocycles. The minimum atomic E-state index is -0.234. The van der Waals surface area contributed by atoms with Crippen molar-refractivity contribution >= 4 is 5.91 Å². The zero-order valence-electron chi connectivity index (χ0n) is 13.4. The lowest BCUT2D eigenvalue weighted by molar-refractivity contribution is -0.138. The van der Waals surface area contributed by atoms with Gasteiger partial charge in [-0.25, -0.2) is 4.98 Å². The first kappa shape index (κ1) is 16.0. The van der Waals surface area contributed by atoms with E-state index in [-0.39, 0.29) is 17.5 Å². The molecule has 1 atom stereocenters. The van der Waals surface area contributed by atoms with Crippen molar-refractivity contribution in [2.45, 2.75) is 45.8 Å². The highest BCUT2D eigenvalue weighted by molar-refractivity contribution is 5.80.